The first kappa shape index (κ1) is 11.8. The zero-order valence-corrected chi connectivity index (χ0v) is 11.0. The molecule has 0 aromatic heterocycles. The number of rotatable bonds is 2. The van der Waals surface area contributed by atoms with Crippen LogP contribution in [0.5, 0.6) is 0 Å². The van der Waals surface area contributed by atoms with Crippen LogP contribution in [-0.2, 0) is 6.54 Å². The molecule has 1 aliphatic carbocycles. The van der Waals surface area contributed by atoms with Crippen LogP contribution >= 0.6 is 11.6 Å². The summed E-state index contributed by atoms with van der Waals surface area (Å²) in [4.78, 5) is 14.0. The molecule has 0 radical (unpaired) electrons. The van der Waals surface area contributed by atoms with E-state index in [1.165, 1.54) is 12.8 Å². The molecule has 3 nitrogen and oxygen atoms in total. The molecule has 0 spiro atoms. The highest BCUT2D eigenvalue weighted by Gasteiger charge is 2.40. The van der Waals surface area contributed by atoms with E-state index in [4.69, 9.17) is 11.6 Å². The van der Waals surface area contributed by atoms with Gasteiger partial charge in [-0.1, -0.05) is 42.6 Å². The van der Waals surface area contributed by atoms with Crippen LogP contribution < -0.4 is 5.32 Å². The first-order valence-electron chi connectivity index (χ1n) is 6.56. The summed E-state index contributed by atoms with van der Waals surface area (Å²) in [7, 11) is 0. The van der Waals surface area contributed by atoms with Gasteiger partial charge in [0.1, 0.15) is 0 Å². The molecule has 0 unspecified atom stereocenters. The molecule has 1 saturated heterocycles. The Kier molecular flexibility index (Phi) is 3.16. The van der Waals surface area contributed by atoms with Crippen molar-refractivity contribution in [2.45, 2.75) is 44.3 Å². The van der Waals surface area contributed by atoms with E-state index in [1.54, 1.807) is 0 Å². The van der Waals surface area contributed by atoms with E-state index < -0.39 is 0 Å². The second-order valence-electron chi connectivity index (χ2n) is 5.13. The molecule has 0 bridgehead atoms. The number of hydrogen-bond donors (Lipinski definition) is 1. The summed E-state index contributed by atoms with van der Waals surface area (Å²) in [6, 6.07) is 8.50. The van der Waals surface area contributed by atoms with Crippen LogP contribution in [-0.4, -0.2) is 23.0 Å². The molecule has 2 aliphatic rings. The summed E-state index contributed by atoms with van der Waals surface area (Å²) in [6.07, 6.45) is 4.65. The average Bonchev–Trinajstić information content (AvgIpc) is 2.69. The normalized spacial score (nSPS) is 26.9. The van der Waals surface area contributed by atoms with Crippen LogP contribution in [0.2, 0.25) is 5.02 Å². The van der Waals surface area contributed by atoms with E-state index >= 15 is 0 Å². The standard InChI is InChI=1S/C14H17ClN2O/c15-11-6-2-1-5-10(11)9-17-13-8-4-3-7-12(13)16-14(17)18/h1-2,5-6,12-13H,3-4,7-9H2,(H,16,18)/t12-,13+/m1/s1. The first-order chi connectivity index (χ1) is 8.75. The molecule has 1 heterocycles. The molecule has 1 aromatic carbocycles. The van der Waals surface area contributed by atoms with Gasteiger partial charge in [0.05, 0.1) is 12.1 Å². The third kappa shape index (κ3) is 2.07. The maximum Gasteiger partial charge on any atom is 0.318 e. The molecular formula is C14H17ClN2O. The maximum atomic E-state index is 12.0. The predicted octanol–water partition coefficient (Wildman–Crippen LogP) is 3.18. The van der Waals surface area contributed by atoms with Gasteiger partial charge in [0, 0.05) is 11.6 Å². The molecular weight excluding hydrogens is 248 g/mol. The van der Waals surface area contributed by atoms with E-state index in [-0.39, 0.29) is 6.03 Å². The number of carbonyl (C=O) groups is 1. The lowest BCUT2D eigenvalue weighted by molar-refractivity contribution is 0.186. The number of benzene rings is 1. The highest BCUT2D eigenvalue weighted by Crippen LogP contribution is 2.30. The van der Waals surface area contributed by atoms with Gasteiger partial charge < -0.3 is 10.2 Å². The molecule has 2 amide bonds. The van der Waals surface area contributed by atoms with Gasteiger partial charge in [-0.15, -0.1) is 0 Å². The molecule has 2 fully saturated rings. The Hall–Kier alpha value is -1.22. The first-order valence-corrected chi connectivity index (χ1v) is 6.94. The molecule has 96 valence electrons. The summed E-state index contributed by atoms with van der Waals surface area (Å²) >= 11 is 6.17. The van der Waals surface area contributed by atoms with Crippen molar-refractivity contribution in [2.24, 2.45) is 0 Å². The van der Waals surface area contributed by atoms with Crippen molar-refractivity contribution in [2.75, 3.05) is 0 Å². The van der Waals surface area contributed by atoms with E-state index in [0.29, 0.717) is 18.6 Å². The SMILES string of the molecule is O=C1N[C@@H]2CCCC[C@@H]2N1Cc1ccccc1Cl. The van der Waals surface area contributed by atoms with Gasteiger partial charge in [-0.2, -0.15) is 0 Å². The summed E-state index contributed by atoms with van der Waals surface area (Å²) in [5.74, 6) is 0. The van der Waals surface area contributed by atoms with Gasteiger partial charge in [-0.3, -0.25) is 0 Å². The summed E-state index contributed by atoms with van der Waals surface area (Å²) in [6.45, 7) is 0.618. The van der Waals surface area contributed by atoms with Crippen molar-refractivity contribution >= 4 is 17.6 Å². The fourth-order valence-electron chi connectivity index (χ4n) is 3.04. The minimum absolute atomic E-state index is 0.0619. The molecule has 1 saturated carbocycles. The number of fused-ring (bicyclic) bond motifs is 1. The van der Waals surface area contributed by atoms with Crippen LogP contribution in [0, 0.1) is 0 Å². The highest BCUT2D eigenvalue weighted by molar-refractivity contribution is 6.31. The quantitative estimate of drug-likeness (QED) is 0.874. The van der Waals surface area contributed by atoms with E-state index in [2.05, 4.69) is 5.32 Å². The highest BCUT2D eigenvalue weighted by atomic mass is 35.5. The van der Waals surface area contributed by atoms with E-state index in [0.717, 1.165) is 23.4 Å². The van der Waals surface area contributed by atoms with Gasteiger partial charge in [-0.05, 0) is 24.5 Å². The van der Waals surface area contributed by atoms with Gasteiger partial charge >= 0.3 is 6.03 Å². The second-order valence-corrected chi connectivity index (χ2v) is 5.53. The lowest BCUT2D eigenvalue weighted by Gasteiger charge is -2.30. The Balaban J connectivity index is 1.79. The van der Waals surface area contributed by atoms with Crippen LogP contribution in [0.3, 0.4) is 0 Å². The van der Waals surface area contributed by atoms with Crippen LogP contribution in [0.1, 0.15) is 31.2 Å². The molecule has 1 aliphatic heterocycles. The van der Waals surface area contributed by atoms with E-state index in [9.17, 15) is 4.79 Å². The molecule has 3 rings (SSSR count). The minimum atomic E-state index is 0.0619. The Morgan fingerprint density at radius 3 is 2.89 bits per heavy atom. The Morgan fingerprint density at radius 1 is 1.28 bits per heavy atom. The fourth-order valence-corrected chi connectivity index (χ4v) is 3.24. The second kappa shape index (κ2) is 4.81. The van der Waals surface area contributed by atoms with Gasteiger partial charge in [0.25, 0.3) is 0 Å². The van der Waals surface area contributed by atoms with Crippen LogP contribution in [0.4, 0.5) is 4.79 Å². The van der Waals surface area contributed by atoms with Crippen molar-refractivity contribution in [1.29, 1.82) is 0 Å². The number of nitrogens with zero attached hydrogens (tertiary/aromatic N) is 1. The Labute approximate surface area is 112 Å². The van der Waals surface area contributed by atoms with Crippen LogP contribution in [0.25, 0.3) is 0 Å². The molecule has 18 heavy (non-hydrogen) atoms. The number of nitrogens with one attached hydrogen (secondary N) is 1. The number of hydrogen-bond acceptors (Lipinski definition) is 1. The third-order valence-corrected chi connectivity index (χ3v) is 4.37. The number of halogens is 1. The average molecular weight is 265 g/mol. The molecule has 4 heteroatoms. The lowest BCUT2D eigenvalue weighted by Crippen LogP contribution is -2.38. The van der Waals surface area contributed by atoms with Crippen molar-refractivity contribution in [3.63, 3.8) is 0 Å². The molecule has 1 aromatic rings. The third-order valence-electron chi connectivity index (χ3n) is 4.00. The number of urea groups is 1. The van der Waals surface area contributed by atoms with Crippen molar-refractivity contribution in [3.8, 4) is 0 Å². The molecule has 1 N–H and O–H groups in total. The smallest absolute Gasteiger partial charge is 0.318 e. The minimum Gasteiger partial charge on any atom is -0.333 e. The number of carbonyl (C=O) groups excluding carboxylic acids is 1. The van der Waals surface area contributed by atoms with Crippen molar-refractivity contribution < 1.29 is 4.79 Å². The Morgan fingerprint density at radius 2 is 2.06 bits per heavy atom. The maximum absolute atomic E-state index is 12.0. The zero-order chi connectivity index (χ0) is 12.5. The van der Waals surface area contributed by atoms with Gasteiger partial charge in [0.15, 0.2) is 0 Å². The Bertz CT molecular complexity index is 463. The molecule has 2 atom stereocenters. The monoisotopic (exact) mass is 264 g/mol. The number of amides is 2. The lowest BCUT2D eigenvalue weighted by atomic mass is 9.91. The fraction of sp³-hybridized carbons (Fsp3) is 0.500. The topological polar surface area (TPSA) is 32.3 Å². The summed E-state index contributed by atoms with van der Waals surface area (Å²) < 4.78 is 0. The van der Waals surface area contributed by atoms with Crippen molar-refractivity contribution in [1.82, 2.24) is 10.2 Å². The van der Waals surface area contributed by atoms with Gasteiger partial charge in [0.2, 0.25) is 0 Å². The van der Waals surface area contributed by atoms with Crippen molar-refractivity contribution in [3.05, 3.63) is 34.9 Å². The van der Waals surface area contributed by atoms with Gasteiger partial charge in [-0.25, -0.2) is 4.79 Å². The largest absolute Gasteiger partial charge is 0.333 e. The van der Waals surface area contributed by atoms with E-state index in [1.807, 2.05) is 29.2 Å². The predicted molar refractivity (Wildman–Crippen MR) is 71.6 cm³/mol. The van der Waals surface area contributed by atoms with Crippen LogP contribution in [0.15, 0.2) is 24.3 Å². The summed E-state index contributed by atoms with van der Waals surface area (Å²) in [5, 5.41) is 3.83. The zero-order valence-electron chi connectivity index (χ0n) is 10.2. The summed E-state index contributed by atoms with van der Waals surface area (Å²) in [5.41, 5.74) is 1.03.